The number of halogens is 2. The van der Waals surface area contributed by atoms with Gasteiger partial charge in [0.05, 0.1) is 29.2 Å². The standard InChI is InChI=1S/C27H32FN5O3.C21H28ClN5O3/c1-17(2)20-14-21(18-6-8-19(28)9-7-18)30-33-15-22(29-23(20)33)24(34)32-13-12-31(16-26(32,3)4)25(35)27(36)10-5-11-27;1-13(2)14-10-16(22)24-27-11-15(23-17(14)27)18(28)26-9-8-25(12-20(26,3)4)19(29)21(30)6-5-7-21/h6-9,14-15,17,36H,5,10-13,16H2,1-4H3;10-11,13,30H,5-9,12H2,1-4H3. The SMILES string of the molecule is CC(C)c1cc(-c2ccc(F)cc2)nn2cc(C(=O)N3CCN(C(=O)C4(O)CCC4)CC3(C)C)nc12.CC(C)c1cc(Cl)nn2cc(C(=O)N3CCN(C(=O)C4(O)CCC4)CC3(C)C)nc12. The van der Waals surface area contributed by atoms with Crippen molar-refractivity contribution in [2.75, 3.05) is 39.3 Å². The van der Waals surface area contributed by atoms with E-state index in [0.29, 0.717) is 92.8 Å². The molecule has 2 aliphatic carbocycles. The van der Waals surface area contributed by atoms with Gasteiger partial charge in [0, 0.05) is 56.0 Å². The second kappa shape index (κ2) is 17.3. The van der Waals surface area contributed by atoms with E-state index in [4.69, 9.17) is 11.6 Å². The van der Waals surface area contributed by atoms with E-state index in [-0.39, 0.29) is 47.0 Å². The number of aliphatic hydroxyl groups is 2. The summed E-state index contributed by atoms with van der Waals surface area (Å²) in [5.41, 5.74) is 1.44. The van der Waals surface area contributed by atoms with Gasteiger partial charge in [0.1, 0.15) is 33.6 Å². The summed E-state index contributed by atoms with van der Waals surface area (Å²) in [5.74, 6) is -0.887. The Hall–Kier alpha value is -5.52. The largest absolute Gasteiger partial charge is 0.380 e. The smallest absolute Gasteiger partial charge is 0.274 e. The molecular formula is C48H60ClFN10O6. The number of imidazole rings is 2. The molecule has 4 aliphatic rings. The van der Waals surface area contributed by atoms with Crippen molar-refractivity contribution in [3.63, 3.8) is 0 Å². The predicted octanol–water partition coefficient (Wildman–Crippen LogP) is 6.12. The molecule has 0 atom stereocenters. The van der Waals surface area contributed by atoms with Gasteiger partial charge >= 0.3 is 0 Å². The van der Waals surface area contributed by atoms with E-state index in [2.05, 4.69) is 34.0 Å². The highest BCUT2D eigenvalue weighted by Gasteiger charge is 2.49. The summed E-state index contributed by atoms with van der Waals surface area (Å²) in [6.07, 6.45) is 7.00. The fraction of sp³-hybridized carbons (Fsp3) is 0.542. The first-order valence-electron chi connectivity index (χ1n) is 22.9. The van der Waals surface area contributed by atoms with E-state index in [0.717, 1.165) is 29.5 Å². The van der Waals surface area contributed by atoms with Crippen LogP contribution in [0.5, 0.6) is 0 Å². The average Bonchev–Trinajstić information content (AvgIpc) is 3.88. The maximum atomic E-state index is 13.6. The van der Waals surface area contributed by atoms with Crippen LogP contribution in [0.4, 0.5) is 4.39 Å². The summed E-state index contributed by atoms with van der Waals surface area (Å²) >= 11 is 6.14. The van der Waals surface area contributed by atoms with Gasteiger partial charge in [-0.3, -0.25) is 19.2 Å². The predicted molar refractivity (Wildman–Crippen MR) is 246 cm³/mol. The number of aromatic nitrogens is 6. The van der Waals surface area contributed by atoms with Gasteiger partial charge in [-0.25, -0.2) is 23.4 Å². The molecular weight excluding hydrogens is 867 g/mol. The Morgan fingerprint density at radius 1 is 0.652 bits per heavy atom. The van der Waals surface area contributed by atoms with Gasteiger partial charge in [-0.2, -0.15) is 10.2 Å². The number of hydrogen-bond donors (Lipinski definition) is 2. The molecule has 2 saturated heterocycles. The molecule has 0 spiro atoms. The van der Waals surface area contributed by atoms with Crippen LogP contribution >= 0.6 is 11.6 Å². The second-order valence-electron chi connectivity index (χ2n) is 20.3. The normalized spacial score (nSPS) is 19.7. The summed E-state index contributed by atoms with van der Waals surface area (Å²) in [5, 5.41) is 30.2. The molecule has 2 N–H and O–H groups in total. The van der Waals surface area contributed by atoms with Crippen LogP contribution in [0.3, 0.4) is 0 Å². The molecule has 0 bridgehead atoms. The number of benzene rings is 1. The van der Waals surface area contributed by atoms with Crippen LogP contribution in [-0.4, -0.2) is 144 Å². The third-order valence-electron chi connectivity index (χ3n) is 13.7. The lowest BCUT2D eigenvalue weighted by atomic mass is 9.78. The van der Waals surface area contributed by atoms with Crippen LogP contribution in [0.2, 0.25) is 5.15 Å². The van der Waals surface area contributed by atoms with Crippen molar-refractivity contribution >= 4 is 46.5 Å². The third kappa shape index (κ3) is 8.76. The zero-order valence-electron chi connectivity index (χ0n) is 39.0. The Morgan fingerprint density at radius 2 is 1.08 bits per heavy atom. The van der Waals surface area contributed by atoms with Gasteiger partial charge < -0.3 is 29.8 Å². The summed E-state index contributed by atoms with van der Waals surface area (Å²) in [4.78, 5) is 68.6. The van der Waals surface area contributed by atoms with E-state index in [9.17, 15) is 33.8 Å². The second-order valence-corrected chi connectivity index (χ2v) is 20.7. The molecule has 0 radical (unpaired) electrons. The topological polar surface area (TPSA) is 182 Å². The average molecular weight is 928 g/mol. The highest BCUT2D eigenvalue weighted by molar-refractivity contribution is 6.29. The van der Waals surface area contributed by atoms with Crippen LogP contribution < -0.4 is 0 Å². The zero-order chi connectivity index (χ0) is 47.7. The molecule has 0 unspecified atom stereocenters. The summed E-state index contributed by atoms with van der Waals surface area (Å²) in [6, 6.07) is 9.88. The first-order valence-corrected chi connectivity index (χ1v) is 23.3. The number of carbonyl (C=O) groups excluding carboxylic acids is 4. The number of piperazine rings is 2. The van der Waals surface area contributed by atoms with Crippen LogP contribution in [0.25, 0.3) is 22.6 Å². The molecule has 18 heteroatoms. The molecule has 9 rings (SSSR count). The lowest BCUT2D eigenvalue weighted by molar-refractivity contribution is -0.164. The van der Waals surface area contributed by atoms with E-state index >= 15 is 0 Å². The highest BCUT2D eigenvalue weighted by Crippen LogP contribution is 2.37. The molecule has 2 aliphatic heterocycles. The quantitative estimate of drug-likeness (QED) is 0.193. The number of hydrogen-bond acceptors (Lipinski definition) is 10. The summed E-state index contributed by atoms with van der Waals surface area (Å²) in [7, 11) is 0. The number of nitrogens with zero attached hydrogens (tertiary/aromatic N) is 10. The van der Waals surface area contributed by atoms with Gasteiger partial charge in [0.2, 0.25) is 0 Å². The Balaban J connectivity index is 0.000000182. The fourth-order valence-electron chi connectivity index (χ4n) is 9.51. The minimum atomic E-state index is -1.25. The Morgan fingerprint density at radius 3 is 1.47 bits per heavy atom. The molecule has 2 saturated carbocycles. The van der Waals surface area contributed by atoms with Gasteiger partial charge in [0.15, 0.2) is 11.3 Å². The molecule has 4 fully saturated rings. The van der Waals surface area contributed by atoms with Gasteiger partial charge in [-0.15, -0.1) is 0 Å². The highest BCUT2D eigenvalue weighted by atomic mass is 35.5. The van der Waals surface area contributed by atoms with E-state index in [1.807, 2.05) is 47.6 Å². The molecule has 4 aromatic heterocycles. The number of fused-ring (bicyclic) bond motifs is 2. The summed E-state index contributed by atoms with van der Waals surface area (Å²) < 4.78 is 16.6. The fourth-order valence-corrected chi connectivity index (χ4v) is 9.71. The van der Waals surface area contributed by atoms with Crippen molar-refractivity contribution in [2.45, 2.75) is 128 Å². The molecule has 352 valence electrons. The van der Waals surface area contributed by atoms with Gasteiger partial charge in [0.25, 0.3) is 23.6 Å². The van der Waals surface area contributed by atoms with Gasteiger partial charge in [-0.1, -0.05) is 39.3 Å². The van der Waals surface area contributed by atoms with E-state index in [1.165, 1.54) is 12.1 Å². The molecule has 6 heterocycles. The number of rotatable bonds is 7. The van der Waals surface area contributed by atoms with Crippen molar-refractivity contribution in [1.82, 2.24) is 48.8 Å². The molecule has 16 nitrogen and oxygen atoms in total. The lowest BCUT2D eigenvalue weighted by Gasteiger charge is -2.49. The van der Waals surface area contributed by atoms with Crippen molar-refractivity contribution in [2.24, 2.45) is 0 Å². The molecule has 1 aromatic carbocycles. The van der Waals surface area contributed by atoms with Crippen molar-refractivity contribution in [3.8, 4) is 11.3 Å². The zero-order valence-corrected chi connectivity index (χ0v) is 39.8. The van der Waals surface area contributed by atoms with Crippen LogP contribution in [-0.2, 0) is 9.59 Å². The minimum Gasteiger partial charge on any atom is -0.380 e. The Kier molecular flexibility index (Phi) is 12.3. The first kappa shape index (κ1) is 47.0. The van der Waals surface area contributed by atoms with Crippen molar-refractivity contribution in [3.05, 3.63) is 82.3 Å². The maximum absolute atomic E-state index is 13.6. The van der Waals surface area contributed by atoms with Crippen molar-refractivity contribution < 1.29 is 33.8 Å². The summed E-state index contributed by atoms with van der Waals surface area (Å²) in [6.45, 7) is 18.1. The van der Waals surface area contributed by atoms with Crippen LogP contribution in [0.15, 0.2) is 48.8 Å². The van der Waals surface area contributed by atoms with Crippen molar-refractivity contribution in [1.29, 1.82) is 0 Å². The lowest BCUT2D eigenvalue weighted by Crippen LogP contribution is -2.65. The first-order chi connectivity index (χ1) is 31.0. The Bertz CT molecular complexity index is 2700. The molecule has 66 heavy (non-hydrogen) atoms. The number of amides is 4. The van der Waals surface area contributed by atoms with Crippen LogP contribution in [0.1, 0.15) is 138 Å². The molecule has 5 aromatic rings. The monoisotopic (exact) mass is 926 g/mol. The Labute approximate surface area is 388 Å². The maximum Gasteiger partial charge on any atom is 0.274 e. The number of carbonyl (C=O) groups is 4. The van der Waals surface area contributed by atoms with E-state index < -0.39 is 22.3 Å². The van der Waals surface area contributed by atoms with Gasteiger partial charge in [-0.05, 0) is 114 Å². The third-order valence-corrected chi connectivity index (χ3v) is 13.9. The van der Waals surface area contributed by atoms with Crippen LogP contribution in [0, 0.1) is 5.82 Å². The van der Waals surface area contributed by atoms with E-state index in [1.54, 1.807) is 59.2 Å². The molecule has 4 amide bonds. The minimum absolute atomic E-state index is 0.128.